The van der Waals surface area contributed by atoms with E-state index in [4.69, 9.17) is 9.78 Å². The molecule has 0 bridgehead atoms. The number of halogens is 2. The van der Waals surface area contributed by atoms with E-state index in [2.05, 4.69) is 32.1 Å². The van der Waals surface area contributed by atoms with E-state index in [1.807, 2.05) is 0 Å². The van der Waals surface area contributed by atoms with Gasteiger partial charge in [-0.1, -0.05) is 5.16 Å². The summed E-state index contributed by atoms with van der Waals surface area (Å²) in [4.78, 5) is 4.20. The average molecular weight is 310 g/mol. The standard InChI is InChI=1S/C12H9BrFN3O/c13-10-7-8(14)4-5-9(10)12-16-11(18-17-12)3-1-2-6-15/h4-5,7H,1-3H2. The molecule has 1 aromatic carbocycles. The van der Waals surface area contributed by atoms with Crippen molar-refractivity contribution in [2.24, 2.45) is 0 Å². The van der Waals surface area contributed by atoms with Crippen LogP contribution in [0.2, 0.25) is 0 Å². The lowest BCUT2D eigenvalue weighted by Crippen LogP contribution is -1.87. The molecule has 0 aliphatic heterocycles. The van der Waals surface area contributed by atoms with Crippen molar-refractivity contribution in [3.63, 3.8) is 0 Å². The van der Waals surface area contributed by atoms with Gasteiger partial charge in [0.25, 0.3) is 0 Å². The Morgan fingerprint density at radius 1 is 1.44 bits per heavy atom. The highest BCUT2D eigenvalue weighted by atomic mass is 79.9. The van der Waals surface area contributed by atoms with Crippen molar-refractivity contribution in [1.29, 1.82) is 5.26 Å². The molecule has 18 heavy (non-hydrogen) atoms. The Bertz CT molecular complexity index is 591. The van der Waals surface area contributed by atoms with Crippen LogP contribution in [0.3, 0.4) is 0 Å². The van der Waals surface area contributed by atoms with Gasteiger partial charge in [0.2, 0.25) is 11.7 Å². The Morgan fingerprint density at radius 3 is 3.00 bits per heavy atom. The summed E-state index contributed by atoms with van der Waals surface area (Å²) < 4.78 is 18.6. The van der Waals surface area contributed by atoms with E-state index < -0.39 is 0 Å². The highest BCUT2D eigenvalue weighted by Gasteiger charge is 2.11. The van der Waals surface area contributed by atoms with Crippen molar-refractivity contribution in [3.8, 4) is 17.5 Å². The predicted molar refractivity (Wildman–Crippen MR) is 65.9 cm³/mol. The van der Waals surface area contributed by atoms with Gasteiger partial charge in [-0.25, -0.2) is 4.39 Å². The minimum atomic E-state index is -0.330. The first-order valence-corrected chi connectivity index (χ1v) is 6.15. The fourth-order valence-corrected chi connectivity index (χ4v) is 1.98. The molecule has 4 nitrogen and oxygen atoms in total. The van der Waals surface area contributed by atoms with Crippen LogP contribution in [-0.2, 0) is 6.42 Å². The van der Waals surface area contributed by atoms with Crippen LogP contribution in [0.4, 0.5) is 4.39 Å². The smallest absolute Gasteiger partial charge is 0.226 e. The SMILES string of the molecule is N#CCCCc1nc(-c2ccc(F)cc2Br)no1. The van der Waals surface area contributed by atoms with Crippen molar-refractivity contribution in [2.45, 2.75) is 19.3 Å². The van der Waals surface area contributed by atoms with E-state index in [0.717, 1.165) is 0 Å². The van der Waals surface area contributed by atoms with Crippen molar-refractivity contribution in [2.75, 3.05) is 0 Å². The van der Waals surface area contributed by atoms with E-state index in [0.29, 0.717) is 41.0 Å². The largest absolute Gasteiger partial charge is 0.339 e. The zero-order valence-electron chi connectivity index (χ0n) is 9.36. The molecule has 92 valence electrons. The van der Waals surface area contributed by atoms with Crippen molar-refractivity contribution in [3.05, 3.63) is 34.4 Å². The fourth-order valence-electron chi connectivity index (χ4n) is 1.46. The first-order valence-electron chi connectivity index (χ1n) is 5.35. The number of unbranched alkanes of at least 4 members (excludes halogenated alkanes) is 1. The van der Waals surface area contributed by atoms with Gasteiger partial charge in [-0.15, -0.1) is 0 Å². The van der Waals surface area contributed by atoms with E-state index in [-0.39, 0.29) is 5.82 Å². The molecule has 0 spiro atoms. The second-order valence-corrected chi connectivity index (χ2v) is 4.50. The third-order valence-electron chi connectivity index (χ3n) is 2.32. The number of aromatic nitrogens is 2. The van der Waals surface area contributed by atoms with Crippen LogP contribution in [-0.4, -0.2) is 10.1 Å². The summed E-state index contributed by atoms with van der Waals surface area (Å²) in [6.07, 6.45) is 1.71. The molecular formula is C12H9BrFN3O. The molecule has 0 amide bonds. The number of nitrogens with zero attached hydrogens (tertiary/aromatic N) is 3. The van der Waals surface area contributed by atoms with E-state index in [1.54, 1.807) is 6.07 Å². The van der Waals surface area contributed by atoms with Crippen LogP contribution in [0.25, 0.3) is 11.4 Å². The average Bonchev–Trinajstić information content (AvgIpc) is 2.78. The first kappa shape index (κ1) is 12.7. The van der Waals surface area contributed by atoms with Crippen LogP contribution < -0.4 is 0 Å². The first-order chi connectivity index (χ1) is 8.70. The highest BCUT2D eigenvalue weighted by molar-refractivity contribution is 9.10. The lowest BCUT2D eigenvalue weighted by molar-refractivity contribution is 0.376. The van der Waals surface area contributed by atoms with Gasteiger partial charge < -0.3 is 4.52 Å². The van der Waals surface area contributed by atoms with Gasteiger partial charge in [0.05, 0.1) is 6.07 Å². The maximum Gasteiger partial charge on any atom is 0.226 e. The van der Waals surface area contributed by atoms with Gasteiger partial charge in [0.15, 0.2) is 0 Å². The predicted octanol–water partition coefficient (Wildman–Crippen LogP) is 3.48. The van der Waals surface area contributed by atoms with Crippen LogP contribution in [0.15, 0.2) is 27.2 Å². The summed E-state index contributed by atoms with van der Waals surface area (Å²) in [6.45, 7) is 0. The second kappa shape index (κ2) is 5.74. The molecule has 6 heteroatoms. The van der Waals surface area contributed by atoms with Crippen LogP contribution in [0.5, 0.6) is 0 Å². The van der Waals surface area contributed by atoms with Gasteiger partial charge in [0.1, 0.15) is 5.82 Å². The molecule has 1 heterocycles. The second-order valence-electron chi connectivity index (χ2n) is 3.65. The van der Waals surface area contributed by atoms with E-state index in [9.17, 15) is 4.39 Å². The molecule has 0 N–H and O–H groups in total. The highest BCUT2D eigenvalue weighted by Crippen LogP contribution is 2.26. The topological polar surface area (TPSA) is 62.7 Å². The Balaban J connectivity index is 2.16. The van der Waals surface area contributed by atoms with Crippen molar-refractivity contribution in [1.82, 2.24) is 10.1 Å². The quantitative estimate of drug-likeness (QED) is 0.811. The summed E-state index contributed by atoms with van der Waals surface area (Å²) in [5, 5.41) is 12.3. The molecule has 0 saturated carbocycles. The number of rotatable bonds is 4. The van der Waals surface area contributed by atoms with Gasteiger partial charge in [-0.2, -0.15) is 10.2 Å². The maximum atomic E-state index is 12.9. The van der Waals surface area contributed by atoms with Crippen LogP contribution in [0, 0.1) is 17.1 Å². The van der Waals surface area contributed by atoms with Crippen molar-refractivity contribution < 1.29 is 8.91 Å². The maximum absolute atomic E-state index is 12.9. The number of aryl methyl sites for hydroxylation is 1. The number of nitriles is 1. The van der Waals surface area contributed by atoms with Gasteiger partial charge in [0, 0.05) is 22.9 Å². The molecule has 0 fully saturated rings. The fraction of sp³-hybridized carbons (Fsp3) is 0.250. The molecule has 2 aromatic rings. The zero-order valence-corrected chi connectivity index (χ0v) is 10.9. The van der Waals surface area contributed by atoms with Gasteiger partial charge in [-0.05, 0) is 40.5 Å². The molecule has 0 unspecified atom stereocenters. The van der Waals surface area contributed by atoms with Crippen molar-refractivity contribution >= 4 is 15.9 Å². The minimum Gasteiger partial charge on any atom is -0.339 e. The number of hydrogen-bond donors (Lipinski definition) is 0. The summed E-state index contributed by atoms with van der Waals surface area (Å²) in [7, 11) is 0. The summed E-state index contributed by atoms with van der Waals surface area (Å²) in [5.41, 5.74) is 0.673. The van der Waals surface area contributed by atoms with E-state index in [1.165, 1.54) is 12.1 Å². The molecule has 0 aliphatic carbocycles. The molecule has 2 rings (SSSR count). The molecule has 1 aromatic heterocycles. The summed E-state index contributed by atoms with van der Waals surface area (Å²) in [6, 6.07) is 6.33. The third kappa shape index (κ3) is 2.93. The Labute approximate surface area is 112 Å². The lowest BCUT2D eigenvalue weighted by atomic mass is 10.2. The Kier molecular flexibility index (Phi) is 4.05. The molecule has 0 aliphatic rings. The summed E-state index contributed by atoms with van der Waals surface area (Å²) in [5.74, 6) is 0.564. The minimum absolute atomic E-state index is 0.330. The Morgan fingerprint density at radius 2 is 2.28 bits per heavy atom. The Hall–Kier alpha value is -1.74. The van der Waals surface area contributed by atoms with E-state index >= 15 is 0 Å². The summed E-state index contributed by atoms with van der Waals surface area (Å²) >= 11 is 3.25. The number of hydrogen-bond acceptors (Lipinski definition) is 4. The molecule has 0 atom stereocenters. The molecular weight excluding hydrogens is 301 g/mol. The lowest BCUT2D eigenvalue weighted by Gasteiger charge is -1.98. The molecule has 0 saturated heterocycles. The number of benzene rings is 1. The zero-order chi connectivity index (χ0) is 13.0. The monoisotopic (exact) mass is 309 g/mol. The van der Waals surface area contributed by atoms with Crippen LogP contribution >= 0.6 is 15.9 Å². The third-order valence-corrected chi connectivity index (χ3v) is 2.98. The molecule has 0 radical (unpaired) electrons. The van der Waals surface area contributed by atoms with Gasteiger partial charge >= 0.3 is 0 Å². The van der Waals surface area contributed by atoms with Crippen LogP contribution in [0.1, 0.15) is 18.7 Å². The van der Waals surface area contributed by atoms with Gasteiger partial charge in [-0.3, -0.25) is 0 Å². The normalized spacial score (nSPS) is 10.3.